The number of rotatable bonds is 7. The monoisotopic (exact) mass is 444 g/mol. The Morgan fingerprint density at radius 1 is 0.935 bits per heavy atom. The number of amides is 1. The first-order valence-electron chi connectivity index (χ1n) is 9.88. The van der Waals surface area contributed by atoms with Gasteiger partial charge >= 0.3 is 0 Å². The Balaban J connectivity index is 1.86. The predicted octanol–water partition coefficient (Wildman–Crippen LogP) is 3.35. The fourth-order valence-corrected chi connectivity index (χ4v) is 4.43. The molecule has 0 aliphatic carbocycles. The normalized spacial score (nSPS) is 12.2. The van der Waals surface area contributed by atoms with E-state index in [1.807, 2.05) is 32.3 Å². The van der Waals surface area contributed by atoms with E-state index < -0.39 is 28.0 Å². The molecule has 0 bridgehead atoms. The number of nitrogens with one attached hydrogen (secondary N) is 3. The summed E-state index contributed by atoms with van der Waals surface area (Å²) in [7, 11) is 0.137. The molecule has 0 spiro atoms. The van der Waals surface area contributed by atoms with Gasteiger partial charge in [0.1, 0.15) is 12.4 Å². The van der Waals surface area contributed by atoms with Gasteiger partial charge in [-0.3, -0.25) is 9.52 Å². The molecule has 3 aromatic rings. The van der Waals surface area contributed by atoms with E-state index in [9.17, 15) is 17.6 Å². The molecule has 0 saturated carbocycles. The van der Waals surface area contributed by atoms with E-state index in [1.54, 1.807) is 42.5 Å². The Hall–Kier alpha value is -2.97. The van der Waals surface area contributed by atoms with E-state index in [-0.39, 0.29) is 4.90 Å². The third kappa shape index (κ3) is 4.86. The van der Waals surface area contributed by atoms with E-state index in [0.717, 1.165) is 16.0 Å². The van der Waals surface area contributed by atoms with Gasteiger partial charge in [-0.2, -0.15) is 0 Å². The zero-order valence-corrected chi connectivity index (χ0v) is 18.8. The summed E-state index contributed by atoms with van der Waals surface area (Å²) in [5.74, 6) is -0.446. The van der Waals surface area contributed by atoms with Gasteiger partial charge < -0.3 is 10.2 Å². The predicted molar refractivity (Wildman–Crippen MR) is 122 cm³/mol. The van der Waals surface area contributed by atoms with E-state index in [1.165, 1.54) is 13.8 Å². The average Bonchev–Trinajstić information content (AvgIpc) is 2.73. The van der Waals surface area contributed by atoms with E-state index >= 15 is 0 Å². The van der Waals surface area contributed by atoms with Gasteiger partial charge in [-0.05, 0) is 56.3 Å². The zero-order valence-electron chi connectivity index (χ0n) is 18.0. The quantitative estimate of drug-likeness (QED) is 0.523. The number of sulfonamides is 1. The van der Waals surface area contributed by atoms with Gasteiger partial charge in [0.05, 0.1) is 24.4 Å². The smallest absolute Gasteiger partial charge is 0.262 e. The Morgan fingerprint density at radius 3 is 2.13 bits per heavy atom. The molecule has 0 atom stereocenters. The van der Waals surface area contributed by atoms with Gasteiger partial charge in [0.2, 0.25) is 5.91 Å². The van der Waals surface area contributed by atoms with Crippen molar-refractivity contribution < 1.29 is 22.5 Å². The summed E-state index contributed by atoms with van der Waals surface area (Å²) in [4.78, 5) is 13.4. The van der Waals surface area contributed by atoms with Crippen LogP contribution in [0.2, 0.25) is 0 Å². The van der Waals surface area contributed by atoms with Gasteiger partial charge in [-0.25, -0.2) is 12.8 Å². The van der Waals surface area contributed by atoms with Gasteiger partial charge in [0, 0.05) is 22.1 Å². The maximum Gasteiger partial charge on any atom is 0.262 e. The minimum Gasteiger partial charge on any atom is -0.326 e. The molecule has 0 fully saturated rings. The maximum atomic E-state index is 13.1. The Kier molecular flexibility index (Phi) is 6.33. The number of benzene rings is 3. The van der Waals surface area contributed by atoms with Crippen LogP contribution in [0.25, 0.3) is 10.8 Å². The van der Waals surface area contributed by atoms with Crippen LogP contribution in [0.3, 0.4) is 0 Å². The molecule has 0 aromatic heterocycles. The Morgan fingerprint density at radius 2 is 1.52 bits per heavy atom. The molecule has 31 heavy (non-hydrogen) atoms. The van der Waals surface area contributed by atoms with Crippen molar-refractivity contribution in [3.8, 4) is 0 Å². The molecule has 164 valence electrons. The second-order valence-corrected chi connectivity index (χ2v) is 9.96. The summed E-state index contributed by atoms with van der Waals surface area (Å²) >= 11 is 0. The van der Waals surface area contributed by atoms with Crippen molar-refractivity contribution in [1.82, 2.24) is 0 Å². The van der Waals surface area contributed by atoms with E-state index in [2.05, 4.69) is 10.0 Å². The molecular formula is C23H27FN3O3S+. The van der Waals surface area contributed by atoms with E-state index in [4.69, 9.17) is 0 Å². The van der Waals surface area contributed by atoms with Crippen LogP contribution in [-0.4, -0.2) is 35.1 Å². The number of carbonyl (C=O) groups is 1. The number of hydrogen-bond acceptors (Lipinski definition) is 3. The largest absolute Gasteiger partial charge is 0.326 e. The highest BCUT2D eigenvalue weighted by atomic mass is 32.2. The second kappa shape index (κ2) is 8.64. The topological polar surface area (TPSA) is 79.7 Å². The third-order valence-corrected chi connectivity index (χ3v) is 6.49. The minimum absolute atomic E-state index is 0.190. The van der Waals surface area contributed by atoms with Gasteiger partial charge in [-0.15, -0.1) is 0 Å². The van der Waals surface area contributed by atoms with Crippen LogP contribution >= 0.6 is 0 Å². The molecule has 0 radical (unpaired) electrons. The van der Waals surface area contributed by atoms with Crippen LogP contribution < -0.4 is 14.9 Å². The molecule has 8 heteroatoms. The molecule has 0 aliphatic heterocycles. The molecule has 0 aliphatic rings. The molecule has 1 amide bonds. The van der Waals surface area contributed by atoms with Crippen molar-refractivity contribution in [3.05, 3.63) is 60.7 Å². The summed E-state index contributed by atoms with van der Waals surface area (Å²) in [5.41, 5.74) is 0.681. The average molecular weight is 445 g/mol. The summed E-state index contributed by atoms with van der Waals surface area (Å²) in [6.45, 7) is 2.25. The Bertz CT molecular complexity index is 1210. The lowest BCUT2D eigenvalue weighted by Gasteiger charge is -2.19. The van der Waals surface area contributed by atoms with Gasteiger partial charge in [-0.1, -0.05) is 18.2 Å². The van der Waals surface area contributed by atoms with Gasteiger partial charge in [0.25, 0.3) is 10.0 Å². The van der Waals surface area contributed by atoms with Crippen LogP contribution in [0.15, 0.2) is 65.6 Å². The fourth-order valence-electron chi connectivity index (χ4n) is 3.14. The summed E-state index contributed by atoms with van der Waals surface area (Å²) in [6.07, 6.45) is 0. The van der Waals surface area contributed by atoms with Crippen molar-refractivity contribution in [1.29, 1.82) is 0 Å². The minimum atomic E-state index is -3.84. The number of quaternary nitrogens is 1. The van der Waals surface area contributed by atoms with Crippen molar-refractivity contribution in [2.75, 3.05) is 30.8 Å². The third-order valence-electron chi connectivity index (χ3n) is 5.05. The van der Waals surface area contributed by atoms with Gasteiger partial charge in [0.15, 0.2) is 0 Å². The summed E-state index contributed by atoms with van der Waals surface area (Å²) in [6, 6.07) is 17.1. The molecule has 0 saturated heterocycles. The van der Waals surface area contributed by atoms with Crippen LogP contribution in [0.1, 0.15) is 13.8 Å². The Labute approximate surface area is 182 Å². The SMILES string of the molecule is C[NH+](C)c1cccc2c(S(=O)(=O)Nc3ccc(NC(=O)C(C)(C)CF)cc3)cccc12. The number of anilines is 2. The number of alkyl halides is 1. The number of fused-ring (bicyclic) bond motifs is 1. The maximum absolute atomic E-state index is 13.1. The highest BCUT2D eigenvalue weighted by Gasteiger charge is 2.27. The molecule has 6 nitrogen and oxygen atoms in total. The van der Waals surface area contributed by atoms with Crippen molar-refractivity contribution in [3.63, 3.8) is 0 Å². The van der Waals surface area contributed by atoms with Crippen LogP contribution in [0.4, 0.5) is 21.5 Å². The summed E-state index contributed by atoms with van der Waals surface area (Å²) in [5, 5.41) is 4.16. The first-order valence-corrected chi connectivity index (χ1v) is 11.4. The fraction of sp³-hybridized carbons (Fsp3) is 0.261. The molecule has 3 aromatic carbocycles. The molecule has 3 rings (SSSR count). The molecule has 0 unspecified atom stereocenters. The van der Waals surface area contributed by atoms with Crippen LogP contribution in [-0.2, 0) is 14.8 Å². The lowest BCUT2D eigenvalue weighted by atomic mass is 9.94. The lowest BCUT2D eigenvalue weighted by Crippen LogP contribution is -3.00. The number of carbonyl (C=O) groups excluding carboxylic acids is 1. The summed E-state index contributed by atoms with van der Waals surface area (Å²) < 4.78 is 41.8. The number of hydrogen-bond donors (Lipinski definition) is 3. The zero-order chi connectivity index (χ0) is 22.8. The van der Waals surface area contributed by atoms with Crippen LogP contribution in [0.5, 0.6) is 0 Å². The first kappa shape index (κ1) is 22.7. The van der Waals surface area contributed by atoms with E-state index in [0.29, 0.717) is 16.8 Å². The number of halogens is 1. The van der Waals surface area contributed by atoms with Crippen LogP contribution in [0, 0.1) is 5.41 Å². The molecule has 0 heterocycles. The molecule has 3 N–H and O–H groups in total. The van der Waals surface area contributed by atoms with Crippen molar-refractivity contribution in [2.24, 2.45) is 5.41 Å². The first-order chi connectivity index (χ1) is 14.5. The highest BCUT2D eigenvalue weighted by molar-refractivity contribution is 7.93. The highest BCUT2D eigenvalue weighted by Crippen LogP contribution is 2.28. The van der Waals surface area contributed by atoms with Crippen molar-refractivity contribution >= 4 is 43.8 Å². The standard InChI is InChI=1S/C23H26FN3O3S/c1-23(2,15-24)22(28)25-16-11-13-17(14-12-16)26-31(29,30)21-10-6-7-18-19(21)8-5-9-20(18)27(3)4/h5-14,26H,15H2,1-4H3,(H,25,28)/p+1. The lowest BCUT2D eigenvalue weighted by molar-refractivity contribution is -0.785. The molecular weight excluding hydrogens is 417 g/mol. The van der Waals surface area contributed by atoms with Crippen molar-refractivity contribution in [2.45, 2.75) is 18.7 Å². The second-order valence-electron chi connectivity index (χ2n) is 8.31.